The zero-order valence-corrected chi connectivity index (χ0v) is 28.0. The number of fused-ring (bicyclic) bond motifs is 8. The second-order valence-corrected chi connectivity index (χ2v) is 13.4. The molecule has 0 unspecified atom stereocenters. The zero-order chi connectivity index (χ0) is 34.2. The average Bonchev–Trinajstić information content (AvgIpc) is 3.55. The summed E-state index contributed by atoms with van der Waals surface area (Å²) in [6.07, 6.45) is 1.88. The lowest BCUT2D eigenvalue weighted by atomic mass is 9.91. The summed E-state index contributed by atoms with van der Waals surface area (Å²) < 4.78 is 0. The van der Waals surface area contributed by atoms with E-state index in [0.717, 1.165) is 44.1 Å². The van der Waals surface area contributed by atoms with E-state index in [1.807, 2.05) is 30.5 Å². The van der Waals surface area contributed by atoms with Crippen LogP contribution in [0.5, 0.6) is 0 Å². The van der Waals surface area contributed by atoms with Crippen LogP contribution in [-0.2, 0) is 0 Å². The van der Waals surface area contributed by atoms with E-state index in [4.69, 9.17) is 19.9 Å². The average molecular weight is 661 g/mol. The Kier molecular flexibility index (Phi) is 6.22. The molecule has 8 aromatic carbocycles. The van der Waals surface area contributed by atoms with E-state index in [-0.39, 0.29) is 0 Å². The summed E-state index contributed by atoms with van der Waals surface area (Å²) in [5.74, 6) is 1.92. The Balaban J connectivity index is 1.13. The van der Waals surface area contributed by atoms with E-state index in [9.17, 15) is 0 Å². The second-order valence-electron chi connectivity index (χ2n) is 13.4. The minimum absolute atomic E-state index is 0.629. The SMILES string of the molecule is c1ccc(-c2nc(-c3cccc(-c4cc5ccccc5c5ccc6cccnc6c45)c3)nc(-c3cc4c5c(cccc5c3)-c3ccccc3-4)n2)cc1. The molecule has 1 aliphatic carbocycles. The van der Waals surface area contributed by atoms with Gasteiger partial charge in [-0.05, 0) is 90.6 Å². The van der Waals surface area contributed by atoms with E-state index in [1.165, 1.54) is 49.2 Å². The summed E-state index contributed by atoms with van der Waals surface area (Å²) in [5.41, 5.74) is 11.0. The van der Waals surface area contributed by atoms with E-state index < -0.39 is 0 Å². The molecule has 0 bridgehead atoms. The molecule has 2 heterocycles. The second kappa shape index (κ2) is 11.2. The molecular formula is C48H28N4. The first kappa shape index (κ1) is 28.8. The van der Waals surface area contributed by atoms with Crippen LogP contribution < -0.4 is 0 Å². The fraction of sp³-hybridized carbons (Fsp3) is 0. The monoisotopic (exact) mass is 660 g/mol. The lowest BCUT2D eigenvalue weighted by Gasteiger charge is -2.14. The summed E-state index contributed by atoms with van der Waals surface area (Å²) in [5, 5.41) is 8.31. The third-order valence-electron chi connectivity index (χ3n) is 10.4. The van der Waals surface area contributed by atoms with Gasteiger partial charge < -0.3 is 0 Å². The highest BCUT2D eigenvalue weighted by Gasteiger charge is 2.23. The van der Waals surface area contributed by atoms with Gasteiger partial charge in [0.05, 0.1) is 5.52 Å². The molecule has 240 valence electrons. The van der Waals surface area contributed by atoms with E-state index in [1.54, 1.807) is 0 Å². The number of aromatic nitrogens is 4. The maximum atomic E-state index is 5.22. The Labute approximate surface area is 299 Å². The first-order valence-corrected chi connectivity index (χ1v) is 17.6. The molecular weight excluding hydrogens is 633 g/mol. The van der Waals surface area contributed by atoms with Crippen LogP contribution in [-0.4, -0.2) is 19.9 Å². The van der Waals surface area contributed by atoms with E-state index >= 15 is 0 Å². The summed E-state index contributed by atoms with van der Waals surface area (Å²) in [6.45, 7) is 0. The number of nitrogens with zero attached hydrogens (tertiary/aromatic N) is 4. The smallest absolute Gasteiger partial charge is 0.164 e. The molecule has 0 spiro atoms. The van der Waals surface area contributed by atoms with Crippen molar-refractivity contribution in [1.29, 1.82) is 0 Å². The van der Waals surface area contributed by atoms with Gasteiger partial charge in [-0.2, -0.15) is 0 Å². The van der Waals surface area contributed by atoms with Crippen molar-refractivity contribution in [2.45, 2.75) is 0 Å². The maximum absolute atomic E-state index is 5.22. The molecule has 10 aromatic rings. The Hall–Kier alpha value is -7.04. The van der Waals surface area contributed by atoms with E-state index in [0.29, 0.717) is 17.5 Å². The van der Waals surface area contributed by atoms with Crippen molar-refractivity contribution >= 4 is 43.2 Å². The van der Waals surface area contributed by atoms with Crippen LogP contribution in [0, 0.1) is 0 Å². The Bertz CT molecular complexity index is 3080. The van der Waals surface area contributed by atoms with Crippen molar-refractivity contribution in [2.24, 2.45) is 0 Å². The molecule has 11 rings (SSSR count). The van der Waals surface area contributed by atoms with Crippen molar-refractivity contribution in [3.8, 4) is 67.5 Å². The molecule has 4 heteroatoms. The number of rotatable bonds is 4. The van der Waals surface area contributed by atoms with Crippen LogP contribution in [0.1, 0.15) is 0 Å². The van der Waals surface area contributed by atoms with Gasteiger partial charge in [-0.25, -0.2) is 15.0 Å². The van der Waals surface area contributed by atoms with Crippen molar-refractivity contribution in [1.82, 2.24) is 19.9 Å². The molecule has 4 nitrogen and oxygen atoms in total. The fourth-order valence-electron chi connectivity index (χ4n) is 8.09. The molecule has 0 radical (unpaired) electrons. The maximum Gasteiger partial charge on any atom is 0.164 e. The standard InChI is InChI=1S/C48H28N4/c1-2-11-30(12-3-1)46-50-47(52-48(51-46)35-26-33-15-9-21-39-37-19-6-7-20-38(37)42(28-35)43(33)39)34-16-8-14-31(25-34)41-27-32-13-4-5-18-36(32)40-23-22-29-17-10-24-49-45(29)44(40)41/h1-28H. The highest BCUT2D eigenvalue weighted by atomic mass is 15.0. The minimum atomic E-state index is 0.629. The summed E-state index contributed by atoms with van der Waals surface area (Å²) >= 11 is 0. The van der Waals surface area contributed by atoms with Crippen LogP contribution in [0.15, 0.2) is 170 Å². The van der Waals surface area contributed by atoms with Crippen LogP contribution >= 0.6 is 0 Å². The highest BCUT2D eigenvalue weighted by molar-refractivity contribution is 6.22. The Morgan fingerprint density at radius 2 is 0.962 bits per heavy atom. The molecule has 0 atom stereocenters. The van der Waals surface area contributed by atoms with Gasteiger partial charge in [0.15, 0.2) is 17.5 Å². The molecule has 0 saturated carbocycles. The number of benzene rings is 8. The van der Waals surface area contributed by atoms with Crippen molar-refractivity contribution in [3.63, 3.8) is 0 Å². The molecule has 0 amide bonds. The van der Waals surface area contributed by atoms with Gasteiger partial charge in [0.2, 0.25) is 0 Å². The lowest BCUT2D eigenvalue weighted by Crippen LogP contribution is -2.00. The number of pyridine rings is 1. The van der Waals surface area contributed by atoms with Gasteiger partial charge in [-0.3, -0.25) is 4.98 Å². The Morgan fingerprint density at radius 1 is 0.308 bits per heavy atom. The van der Waals surface area contributed by atoms with Crippen LogP contribution in [0.3, 0.4) is 0 Å². The van der Waals surface area contributed by atoms with Gasteiger partial charge in [-0.1, -0.05) is 133 Å². The van der Waals surface area contributed by atoms with Gasteiger partial charge >= 0.3 is 0 Å². The number of hydrogen-bond acceptors (Lipinski definition) is 4. The van der Waals surface area contributed by atoms with Gasteiger partial charge in [0.1, 0.15) is 0 Å². The van der Waals surface area contributed by atoms with Gasteiger partial charge in [-0.15, -0.1) is 0 Å². The van der Waals surface area contributed by atoms with Gasteiger partial charge in [0, 0.05) is 33.7 Å². The van der Waals surface area contributed by atoms with E-state index in [2.05, 4.69) is 140 Å². The molecule has 52 heavy (non-hydrogen) atoms. The zero-order valence-electron chi connectivity index (χ0n) is 28.0. The van der Waals surface area contributed by atoms with Gasteiger partial charge in [0.25, 0.3) is 0 Å². The minimum Gasteiger partial charge on any atom is -0.256 e. The molecule has 0 aliphatic heterocycles. The first-order valence-electron chi connectivity index (χ1n) is 17.6. The van der Waals surface area contributed by atoms with Crippen molar-refractivity contribution in [3.05, 3.63) is 170 Å². The van der Waals surface area contributed by atoms with Crippen LogP contribution in [0.2, 0.25) is 0 Å². The molecule has 0 saturated heterocycles. The number of hydrogen-bond donors (Lipinski definition) is 0. The van der Waals surface area contributed by atoms with Crippen molar-refractivity contribution < 1.29 is 0 Å². The molecule has 0 N–H and O–H groups in total. The van der Waals surface area contributed by atoms with Crippen LogP contribution in [0.4, 0.5) is 0 Å². The topological polar surface area (TPSA) is 51.6 Å². The predicted octanol–water partition coefficient (Wildman–Crippen LogP) is 12.2. The summed E-state index contributed by atoms with van der Waals surface area (Å²) in [4.78, 5) is 20.3. The predicted molar refractivity (Wildman–Crippen MR) is 214 cm³/mol. The third kappa shape index (κ3) is 4.41. The Morgan fingerprint density at radius 3 is 1.85 bits per heavy atom. The summed E-state index contributed by atoms with van der Waals surface area (Å²) in [7, 11) is 0. The third-order valence-corrected chi connectivity index (χ3v) is 10.4. The highest BCUT2D eigenvalue weighted by Crippen LogP contribution is 2.48. The quantitative estimate of drug-likeness (QED) is 0.176. The largest absolute Gasteiger partial charge is 0.256 e. The van der Waals surface area contributed by atoms with Crippen molar-refractivity contribution in [2.75, 3.05) is 0 Å². The molecule has 2 aromatic heterocycles. The normalized spacial score (nSPS) is 11.8. The molecule has 1 aliphatic rings. The summed E-state index contributed by atoms with van der Waals surface area (Å²) in [6, 6.07) is 57.9. The first-order chi connectivity index (χ1) is 25.8. The lowest BCUT2D eigenvalue weighted by molar-refractivity contribution is 1.07. The van der Waals surface area contributed by atoms with Crippen LogP contribution in [0.25, 0.3) is 111 Å². The molecule has 0 fully saturated rings. The fourth-order valence-corrected chi connectivity index (χ4v) is 8.09.